The number of hydrogen-bond acceptors (Lipinski definition) is 3. The number of nitrogens with zero attached hydrogens (tertiary/aromatic N) is 1. The maximum absolute atomic E-state index is 12.0. The van der Waals surface area contributed by atoms with Crippen LogP contribution in [0.25, 0.3) is 0 Å². The van der Waals surface area contributed by atoms with Crippen molar-refractivity contribution in [3.8, 4) is 0 Å². The molecular weight excluding hydrogens is 272 g/mol. The molecule has 1 saturated carbocycles. The number of carbonyl (C=O) groups excluding carboxylic acids is 2. The van der Waals surface area contributed by atoms with Gasteiger partial charge in [0.25, 0.3) is 0 Å². The predicted octanol–water partition coefficient (Wildman–Crippen LogP) is 2.13. The van der Waals surface area contributed by atoms with E-state index in [4.69, 9.17) is 5.11 Å². The fourth-order valence-corrected chi connectivity index (χ4v) is 3.47. The van der Waals surface area contributed by atoms with Crippen LogP contribution in [0.2, 0.25) is 0 Å². The van der Waals surface area contributed by atoms with E-state index < -0.39 is 5.97 Å². The van der Waals surface area contributed by atoms with E-state index in [1.54, 1.807) is 4.90 Å². The largest absolute Gasteiger partial charge is 0.481 e. The topological polar surface area (TPSA) is 86.7 Å². The number of carbonyl (C=O) groups is 3. The van der Waals surface area contributed by atoms with E-state index in [0.29, 0.717) is 18.5 Å². The molecule has 2 N–H and O–H groups in total. The number of piperidine rings is 1. The SMILES string of the molecule is O=C(O)CCCC(=O)NC(=O)N1CCC2(CCCC2)CC1. The molecule has 0 bridgehead atoms. The van der Waals surface area contributed by atoms with Gasteiger partial charge in [0.05, 0.1) is 0 Å². The first kappa shape index (κ1) is 15.8. The summed E-state index contributed by atoms with van der Waals surface area (Å²) in [7, 11) is 0. The Bertz CT molecular complexity index is 406. The van der Waals surface area contributed by atoms with Crippen molar-refractivity contribution in [1.82, 2.24) is 10.2 Å². The molecule has 1 spiro atoms. The lowest BCUT2D eigenvalue weighted by molar-refractivity contribution is -0.137. The van der Waals surface area contributed by atoms with E-state index in [1.165, 1.54) is 25.7 Å². The van der Waals surface area contributed by atoms with Crippen molar-refractivity contribution in [1.29, 1.82) is 0 Å². The van der Waals surface area contributed by atoms with E-state index in [-0.39, 0.29) is 31.2 Å². The van der Waals surface area contributed by atoms with Crippen LogP contribution in [0, 0.1) is 5.41 Å². The molecule has 2 aliphatic rings. The molecule has 1 saturated heterocycles. The monoisotopic (exact) mass is 296 g/mol. The van der Waals surface area contributed by atoms with Crippen LogP contribution in [0.3, 0.4) is 0 Å². The summed E-state index contributed by atoms with van der Waals surface area (Å²) >= 11 is 0. The normalized spacial score (nSPS) is 20.5. The van der Waals surface area contributed by atoms with Crippen LogP contribution in [-0.2, 0) is 9.59 Å². The highest BCUT2D eigenvalue weighted by Gasteiger charge is 2.38. The second kappa shape index (κ2) is 6.91. The number of nitrogens with one attached hydrogen (secondary N) is 1. The van der Waals surface area contributed by atoms with Crippen LogP contribution in [-0.4, -0.2) is 41.0 Å². The second-order valence-electron chi connectivity index (χ2n) is 6.29. The maximum atomic E-state index is 12.0. The van der Waals surface area contributed by atoms with Crippen molar-refractivity contribution >= 4 is 17.9 Å². The Kier molecular flexibility index (Phi) is 5.20. The molecule has 118 valence electrons. The number of rotatable bonds is 4. The van der Waals surface area contributed by atoms with Crippen LogP contribution in [0.15, 0.2) is 0 Å². The van der Waals surface area contributed by atoms with Gasteiger partial charge in [0.1, 0.15) is 0 Å². The minimum absolute atomic E-state index is 0.0478. The quantitative estimate of drug-likeness (QED) is 0.832. The summed E-state index contributed by atoms with van der Waals surface area (Å²) in [6, 6.07) is -0.330. The molecule has 3 amide bonds. The lowest BCUT2D eigenvalue weighted by Crippen LogP contribution is -2.48. The molecule has 1 aliphatic heterocycles. The lowest BCUT2D eigenvalue weighted by Gasteiger charge is -2.39. The number of carboxylic acid groups (broad SMARTS) is 1. The summed E-state index contributed by atoms with van der Waals surface area (Å²) in [4.78, 5) is 35.6. The van der Waals surface area contributed by atoms with Crippen molar-refractivity contribution in [2.75, 3.05) is 13.1 Å². The number of hydrogen-bond donors (Lipinski definition) is 2. The minimum atomic E-state index is -0.924. The van der Waals surface area contributed by atoms with Gasteiger partial charge in [-0.15, -0.1) is 0 Å². The third kappa shape index (κ3) is 4.44. The third-order valence-corrected chi connectivity index (χ3v) is 4.82. The molecule has 0 aromatic rings. The molecule has 0 atom stereocenters. The summed E-state index contributed by atoms with van der Waals surface area (Å²) in [5.74, 6) is -1.31. The van der Waals surface area contributed by atoms with Crippen LogP contribution >= 0.6 is 0 Å². The van der Waals surface area contributed by atoms with Gasteiger partial charge in [-0.05, 0) is 37.5 Å². The predicted molar refractivity (Wildman–Crippen MR) is 76.7 cm³/mol. The van der Waals surface area contributed by atoms with Crippen molar-refractivity contribution in [3.05, 3.63) is 0 Å². The van der Waals surface area contributed by atoms with Gasteiger partial charge in [-0.3, -0.25) is 14.9 Å². The Labute approximate surface area is 124 Å². The van der Waals surface area contributed by atoms with Gasteiger partial charge in [0.2, 0.25) is 5.91 Å². The average molecular weight is 296 g/mol. The molecule has 6 nitrogen and oxygen atoms in total. The van der Waals surface area contributed by atoms with E-state index in [0.717, 1.165) is 12.8 Å². The van der Waals surface area contributed by atoms with Crippen LogP contribution in [0.1, 0.15) is 57.8 Å². The zero-order valence-corrected chi connectivity index (χ0v) is 12.4. The molecule has 0 unspecified atom stereocenters. The molecule has 1 heterocycles. The van der Waals surface area contributed by atoms with E-state index in [9.17, 15) is 14.4 Å². The van der Waals surface area contributed by atoms with Crippen LogP contribution in [0.5, 0.6) is 0 Å². The number of aliphatic carboxylic acids is 1. The zero-order chi connectivity index (χ0) is 15.3. The van der Waals surface area contributed by atoms with E-state index in [2.05, 4.69) is 5.32 Å². The molecule has 1 aliphatic carbocycles. The Morgan fingerprint density at radius 1 is 1.00 bits per heavy atom. The molecule has 0 aromatic carbocycles. The standard InChI is InChI=1S/C15H24N2O4/c18-12(4-3-5-13(19)20)16-14(21)17-10-8-15(9-11-17)6-1-2-7-15/h1-11H2,(H,19,20)(H,16,18,21). The van der Waals surface area contributed by atoms with Gasteiger partial charge in [0, 0.05) is 25.9 Å². The van der Waals surface area contributed by atoms with Gasteiger partial charge in [-0.2, -0.15) is 0 Å². The first-order chi connectivity index (χ1) is 10.0. The average Bonchev–Trinajstić information content (AvgIpc) is 2.87. The van der Waals surface area contributed by atoms with Gasteiger partial charge >= 0.3 is 12.0 Å². The number of likely N-dealkylation sites (tertiary alicyclic amines) is 1. The summed E-state index contributed by atoms with van der Waals surface area (Å²) in [5.41, 5.74) is 0.447. The first-order valence-electron chi connectivity index (χ1n) is 7.81. The highest BCUT2D eigenvalue weighted by atomic mass is 16.4. The second-order valence-corrected chi connectivity index (χ2v) is 6.29. The molecule has 0 aromatic heterocycles. The van der Waals surface area contributed by atoms with E-state index in [1.807, 2.05) is 0 Å². The molecule has 21 heavy (non-hydrogen) atoms. The molecule has 2 rings (SSSR count). The number of urea groups is 1. The van der Waals surface area contributed by atoms with Gasteiger partial charge in [-0.1, -0.05) is 12.8 Å². The zero-order valence-electron chi connectivity index (χ0n) is 12.4. The summed E-state index contributed by atoms with van der Waals surface area (Å²) in [6.45, 7) is 1.43. The highest BCUT2D eigenvalue weighted by Crippen LogP contribution is 2.46. The molecule has 2 fully saturated rings. The third-order valence-electron chi connectivity index (χ3n) is 4.82. The summed E-state index contributed by atoms with van der Waals surface area (Å²) in [6.07, 6.45) is 7.51. The molecular formula is C15H24N2O4. The number of carboxylic acids is 1. The van der Waals surface area contributed by atoms with Gasteiger partial charge in [0.15, 0.2) is 0 Å². The Morgan fingerprint density at radius 3 is 2.19 bits per heavy atom. The van der Waals surface area contributed by atoms with Crippen molar-refractivity contribution in [2.24, 2.45) is 5.41 Å². The fourth-order valence-electron chi connectivity index (χ4n) is 3.47. The summed E-state index contributed by atoms with van der Waals surface area (Å²) < 4.78 is 0. The van der Waals surface area contributed by atoms with Gasteiger partial charge in [-0.25, -0.2) is 4.79 Å². The minimum Gasteiger partial charge on any atom is -0.481 e. The Balaban J connectivity index is 1.69. The van der Waals surface area contributed by atoms with Gasteiger partial charge < -0.3 is 10.0 Å². The van der Waals surface area contributed by atoms with Crippen molar-refractivity contribution < 1.29 is 19.5 Å². The molecule has 6 heteroatoms. The maximum Gasteiger partial charge on any atom is 0.324 e. The lowest BCUT2D eigenvalue weighted by atomic mass is 9.77. The van der Waals surface area contributed by atoms with E-state index >= 15 is 0 Å². The Morgan fingerprint density at radius 2 is 1.62 bits per heavy atom. The van der Waals surface area contributed by atoms with Crippen molar-refractivity contribution in [2.45, 2.75) is 57.8 Å². The smallest absolute Gasteiger partial charge is 0.324 e. The highest BCUT2D eigenvalue weighted by molar-refractivity contribution is 5.94. The Hall–Kier alpha value is -1.59. The number of imide groups is 1. The fraction of sp³-hybridized carbons (Fsp3) is 0.800. The molecule has 0 radical (unpaired) electrons. The van der Waals surface area contributed by atoms with Crippen LogP contribution in [0.4, 0.5) is 4.79 Å². The first-order valence-corrected chi connectivity index (χ1v) is 7.81. The van der Waals surface area contributed by atoms with Crippen LogP contribution < -0.4 is 5.32 Å². The number of amides is 3. The van der Waals surface area contributed by atoms with Crippen molar-refractivity contribution in [3.63, 3.8) is 0 Å². The summed E-state index contributed by atoms with van der Waals surface area (Å²) in [5, 5.41) is 10.9.